The summed E-state index contributed by atoms with van der Waals surface area (Å²) >= 11 is 0. The van der Waals surface area contributed by atoms with Gasteiger partial charge in [-0.05, 0) is 19.1 Å². The maximum atomic E-state index is 10.1. The first-order chi connectivity index (χ1) is 6.63. The molecule has 0 saturated carbocycles. The third-order valence-electron chi connectivity index (χ3n) is 1.76. The summed E-state index contributed by atoms with van der Waals surface area (Å²) in [6.45, 7) is 1.92. The molecular weight excluding hydrogens is 182 g/mol. The van der Waals surface area contributed by atoms with Gasteiger partial charge in [0.25, 0.3) is 0 Å². The van der Waals surface area contributed by atoms with Gasteiger partial charge in [0.15, 0.2) is 0 Å². The molecule has 0 bridgehead atoms. The first kappa shape index (κ1) is 10.2. The lowest BCUT2D eigenvalue weighted by Gasteiger charge is -2.04. The van der Waals surface area contributed by atoms with Crippen molar-refractivity contribution in [1.82, 2.24) is 0 Å². The van der Waals surface area contributed by atoms with Gasteiger partial charge in [-0.3, -0.25) is 10.1 Å². The number of nitrogens with zero attached hydrogens (tertiary/aromatic N) is 1. The zero-order valence-corrected chi connectivity index (χ0v) is 8.06. The molecule has 0 amide bonds. The number of ether oxygens (including phenoxy) is 1. The van der Waals surface area contributed by atoms with Crippen molar-refractivity contribution in [2.24, 2.45) is 0 Å². The topological polar surface area (TPSA) is 52.4 Å². The van der Waals surface area contributed by atoms with Gasteiger partial charge in [0.05, 0.1) is 12.0 Å². The zero-order valence-electron chi connectivity index (χ0n) is 8.06. The normalized spacial score (nSPS) is 10.4. The van der Waals surface area contributed by atoms with Crippen LogP contribution in [-0.2, 0) is 0 Å². The molecule has 0 atom stereocenters. The van der Waals surface area contributed by atoms with Crippen LogP contribution < -0.4 is 4.74 Å². The molecule has 14 heavy (non-hydrogen) atoms. The number of benzene rings is 1. The van der Waals surface area contributed by atoms with E-state index in [4.69, 9.17) is 4.74 Å². The van der Waals surface area contributed by atoms with Crippen LogP contribution in [0, 0.1) is 17.0 Å². The number of hydrogen-bond donors (Lipinski definition) is 0. The van der Waals surface area contributed by atoms with E-state index in [0.29, 0.717) is 11.3 Å². The summed E-state index contributed by atoms with van der Waals surface area (Å²) in [5.41, 5.74) is 1.75. The van der Waals surface area contributed by atoms with Crippen molar-refractivity contribution in [2.75, 3.05) is 7.11 Å². The van der Waals surface area contributed by atoms with Gasteiger partial charge >= 0.3 is 0 Å². The van der Waals surface area contributed by atoms with Gasteiger partial charge in [0.1, 0.15) is 5.75 Å². The third-order valence-corrected chi connectivity index (χ3v) is 1.76. The van der Waals surface area contributed by atoms with Gasteiger partial charge in [-0.25, -0.2) is 0 Å². The van der Waals surface area contributed by atoms with Crippen LogP contribution in [0.4, 0.5) is 0 Å². The van der Waals surface area contributed by atoms with Crippen molar-refractivity contribution in [3.8, 4) is 5.75 Å². The van der Waals surface area contributed by atoms with Gasteiger partial charge in [0, 0.05) is 11.6 Å². The van der Waals surface area contributed by atoms with E-state index in [1.807, 2.05) is 19.1 Å². The fourth-order valence-corrected chi connectivity index (χ4v) is 1.13. The standard InChI is InChI=1S/C10H11NO3/c1-8-3-4-10(14-2)9(7-8)5-6-11(12)13/h3-7H,1-2H3. The molecule has 1 aromatic rings. The monoisotopic (exact) mass is 193 g/mol. The fraction of sp³-hybridized carbons (Fsp3) is 0.200. The molecule has 0 unspecified atom stereocenters. The zero-order chi connectivity index (χ0) is 10.6. The van der Waals surface area contributed by atoms with Crippen LogP contribution in [0.3, 0.4) is 0 Å². The van der Waals surface area contributed by atoms with Crippen LogP contribution in [0.5, 0.6) is 5.75 Å². The van der Waals surface area contributed by atoms with Crippen LogP contribution in [0.1, 0.15) is 11.1 Å². The van der Waals surface area contributed by atoms with Crippen molar-refractivity contribution in [3.05, 3.63) is 45.6 Å². The van der Waals surface area contributed by atoms with Crippen LogP contribution >= 0.6 is 0 Å². The van der Waals surface area contributed by atoms with Crippen molar-refractivity contribution in [3.63, 3.8) is 0 Å². The second-order valence-electron chi connectivity index (χ2n) is 2.85. The Morgan fingerprint density at radius 3 is 2.79 bits per heavy atom. The minimum absolute atomic E-state index is 0.498. The van der Waals surface area contributed by atoms with Crippen LogP contribution in [0.25, 0.3) is 6.08 Å². The molecule has 0 spiro atoms. The van der Waals surface area contributed by atoms with Gasteiger partial charge in [-0.15, -0.1) is 0 Å². The molecule has 0 aliphatic heterocycles. The van der Waals surface area contributed by atoms with E-state index in [1.54, 1.807) is 6.07 Å². The Labute approximate surface area is 82.0 Å². The quantitative estimate of drug-likeness (QED) is 0.546. The molecule has 0 heterocycles. The van der Waals surface area contributed by atoms with Gasteiger partial charge < -0.3 is 4.74 Å². The Balaban J connectivity index is 3.04. The summed E-state index contributed by atoms with van der Waals surface area (Å²) in [7, 11) is 1.54. The second-order valence-corrected chi connectivity index (χ2v) is 2.85. The largest absolute Gasteiger partial charge is 0.496 e. The average molecular weight is 193 g/mol. The van der Waals surface area contributed by atoms with Gasteiger partial charge in [0.2, 0.25) is 6.20 Å². The summed E-state index contributed by atoms with van der Waals surface area (Å²) in [6, 6.07) is 5.51. The summed E-state index contributed by atoms with van der Waals surface area (Å²) in [6.07, 6.45) is 2.32. The van der Waals surface area contributed by atoms with Gasteiger partial charge in [-0.1, -0.05) is 11.6 Å². The number of rotatable bonds is 3. The lowest BCUT2D eigenvalue weighted by Crippen LogP contribution is -1.89. The molecule has 0 saturated heterocycles. The minimum atomic E-state index is -0.498. The van der Waals surface area contributed by atoms with E-state index >= 15 is 0 Å². The van der Waals surface area contributed by atoms with Gasteiger partial charge in [-0.2, -0.15) is 0 Å². The SMILES string of the molecule is COc1ccc(C)cc1C=C[N+](=O)[O-]. The predicted molar refractivity (Wildman–Crippen MR) is 53.8 cm³/mol. The molecule has 0 aliphatic rings. The molecule has 0 aromatic heterocycles. The molecule has 4 heteroatoms. The Hall–Kier alpha value is -1.84. The maximum Gasteiger partial charge on any atom is 0.235 e. The van der Waals surface area contributed by atoms with E-state index in [0.717, 1.165) is 11.8 Å². The Morgan fingerprint density at radius 2 is 2.21 bits per heavy atom. The van der Waals surface area contributed by atoms with Crippen molar-refractivity contribution < 1.29 is 9.66 Å². The Bertz CT molecular complexity index is 372. The molecule has 4 nitrogen and oxygen atoms in total. The van der Waals surface area contributed by atoms with E-state index in [1.165, 1.54) is 13.2 Å². The molecular formula is C10H11NO3. The number of nitro groups is 1. The van der Waals surface area contributed by atoms with Crippen LogP contribution in [0.15, 0.2) is 24.4 Å². The second kappa shape index (κ2) is 4.41. The fourth-order valence-electron chi connectivity index (χ4n) is 1.13. The highest BCUT2D eigenvalue weighted by Gasteiger charge is 2.00. The smallest absolute Gasteiger partial charge is 0.235 e. The van der Waals surface area contributed by atoms with Crippen LogP contribution in [-0.4, -0.2) is 12.0 Å². The summed E-state index contributed by atoms with van der Waals surface area (Å²) in [4.78, 5) is 9.64. The summed E-state index contributed by atoms with van der Waals surface area (Å²) in [5, 5.41) is 10.1. The molecule has 0 fully saturated rings. The first-order valence-electron chi connectivity index (χ1n) is 4.10. The minimum Gasteiger partial charge on any atom is -0.496 e. The third kappa shape index (κ3) is 2.58. The molecule has 1 rings (SSSR count). The molecule has 0 aliphatic carbocycles. The van der Waals surface area contributed by atoms with Crippen molar-refractivity contribution in [2.45, 2.75) is 6.92 Å². The highest BCUT2D eigenvalue weighted by molar-refractivity contribution is 5.57. The molecule has 0 N–H and O–H groups in total. The number of methoxy groups -OCH3 is 1. The molecule has 1 aromatic carbocycles. The number of hydrogen-bond acceptors (Lipinski definition) is 3. The molecule has 0 radical (unpaired) electrons. The van der Waals surface area contributed by atoms with Crippen molar-refractivity contribution >= 4 is 6.08 Å². The average Bonchev–Trinajstić information content (AvgIpc) is 2.15. The molecule has 74 valence electrons. The summed E-state index contributed by atoms with van der Waals surface area (Å²) in [5.74, 6) is 0.633. The highest BCUT2D eigenvalue weighted by atomic mass is 16.6. The predicted octanol–water partition coefficient (Wildman–Crippen LogP) is 2.25. The Morgan fingerprint density at radius 1 is 1.50 bits per heavy atom. The maximum absolute atomic E-state index is 10.1. The van der Waals surface area contributed by atoms with Crippen LogP contribution in [0.2, 0.25) is 0 Å². The van der Waals surface area contributed by atoms with E-state index in [-0.39, 0.29) is 0 Å². The lowest BCUT2D eigenvalue weighted by molar-refractivity contribution is -0.400. The lowest BCUT2D eigenvalue weighted by atomic mass is 10.1. The van der Waals surface area contributed by atoms with E-state index in [9.17, 15) is 10.1 Å². The van der Waals surface area contributed by atoms with E-state index < -0.39 is 4.92 Å². The van der Waals surface area contributed by atoms with Crippen molar-refractivity contribution in [1.29, 1.82) is 0 Å². The summed E-state index contributed by atoms with van der Waals surface area (Å²) < 4.78 is 5.06. The first-order valence-corrected chi connectivity index (χ1v) is 4.10. The van der Waals surface area contributed by atoms with E-state index in [2.05, 4.69) is 0 Å². The Kier molecular flexibility index (Phi) is 3.23. The highest BCUT2D eigenvalue weighted by Crippen LogP contribution is 2.20. The number of aryl methyl sites for hydroxylation is 1.